The minimum Gasteiger partial charge on any atom is -0.488 e. The van der Waals surface area contributed by atoms with Crippen LogP contribution in [0.15, 0.2) is 76.6 Å². The summed E-state index contributed by atoms with van der Waals surface area (Å²) < 4.78 is 5.92. The van der Waals surface area contributed by atoms with Crippen LogP contribution in [0.3, 0.4) is 0 Å². The molecule has 1 aliphatic heterocycles. The number of benzene rings is 3. The fourth-order valence-electron chi connectivity index (χ4n) is 3.05. The van der Waals surface area contributed by atoms with Crippen LogP contribution in [-0.2, 0) is 11.4 Å². The molecule has 4 rings (SSSR count). The van der Waals surface area contributed by atoms with E-state index in [4.69, 9.17) is 16.3 Å². The van der Waals surface area contributed by atoms with E-state index in [-0.39, 0.29) is 18.2 Å². The monoisotopic (exact) mass is 479 g/mol. The van der Waals surface area contributed by atoms with Crippen molar-refractivity contribution >= 4 is 51.9 Å². The van der Waals surface area contributed by atoms with Crippen molar-refractivity contribution in [3.63, 3.8) is 0 Å². The van der Waals surface area contributed by atoms with Crippen LogP contribution in [-0.4, -0.2) is 16.0 Å². The average molecular weight is 480 g/mol. The van der Waals surface area contributed by atoms with Gasteiger partial charge < -0.3 is 10.1 Å². The number of hydrogen-bond acceptors (Lipinski definition) is 6. The molecular weight excluding hydrogens is 462 g/mol. The van der Waals surface area contributed by atoms with Crippen molar-refractivity contribution < 1.29 is 14.5 Å². The summed E-state index contributed by atoms with van der Waals surface area (Å²) >= 11 is 7.40. The van der Waals surface area contributed by atoms with E-state index in [1.165, 1.54) is 23.9 Å². The summed E-state index contributed by atoms with van der Waals surface area (Å²) in [5, 5.41) is 14.7. The lowest BCUT2D eigenvalue weighted by molar-refractivity contribution is -0.384. The molecule has 3 aromatic carbocycles. The van der Waals surface area contributed by atoms with Gasteiger partial charge in [-0.3, -0.25) is 14.9 Å². The van der Waals surface area contributed by atoms with E-state index in [0.29, 0.717) is 26.5 Å². The van der Waals surface area contributed by atoms with Crippen LogP contribution in [0.1, 0.15) is 16.7 Å². The van der Waals surface area contributed by atoms with Gasteiger partial charge in [0.2, 0.25) is 0 Å². The lowest BCUT2D eigenvalue weighted by Gasteiger charge is -2.09. The van der Waals surface area contributed by atoms with E-state index in [1.54, 1.807) is 30.3 Å². The Morgan fingerprint density at radius 1 is 1.12 bits per heavy atom. The first-order valence-electron chi connectivity index (χ1n) is 9.90. The Labute approximate surface area is 199 Å². The third-order valence-corrected chi connectivity index (χ3v) is 6.18. The lowest BCUT2D eigenvalue weighted by Crippen LogP contribution is -2.19. The summed E-state index contributed by atoms with van der Waals surface area (Å²) in [4.78, 5) is 27.9. The number of thioether (sulfide) groups is 1. The van der Waals surface area contributed by atoms with Crippen LogP contribution in [0.5, 0.6) is 5.75 Å². The van der Waals surface area contributed by atoms with Crippen LogP contribution >= 0.6 is 23.4 Å². The van der Waals surface area contributed by atoms with E-state index < -0.39 is 4.92 Å². The van der Waals surface area contributed by atoms with Crippen molar-refractivity contribution in [1.82, 2.24) is 5.32 Å². The third-order valence-electron chi connectivity index (χ3n) is 4.86. The summed E-state index contributed by atoms with van der Waals surface area (Å²) in [6, 6.07) is 19.0. The molecule has 7 nitrogen and oxygen atoms in total. The number of nitro benzene ring substituents is 1. The quantitative estimate of drug-likeness (QED) is 0.265. The van der Waals surface area contributed by atoms with Crippen molar-refractivity contribution in [3.8, 4) is 5.75 Å². The smallest absolute Gasteiger partial charge is 0.269 e. The zero-order valence-electron chi connectivity index (χ0n) is 17.4. The van der Waals surface area contributed by atoms with Gasteiger partial charge in [0, 0.05) is 22.7 Å². The van der Waals surface area contributed by atoms with Gasteiger partial charge in [0.1, 0.15) is 12.4 Å². The maximum Gasteiger partial charge on any atom is 0.269 e. The van der Waals surface area contributed by atoms with Crippen LogP contribution in [0.25, 0.3) is 6.08 Å². The number of para-hydroxylation sites is 1. The van der Waals surface area contributed by atoms with E-state index >= 15 is 0 Å². The normalized spacial score (nSPS) is 15.6. The number of carbonyl (C=O) groups is 1. The number of nitrogens with one attached hydrogen (secondary N) is 1. The molecule has 33 heavy (non-hydrogen) atoms. The standard InChI is InChI=1S/C24H18ClN3O4S/c1-15-19(25)6-4-7-20(15)26-24-27-23(29)22(33-24)13-17-5-2-3-8-21(17)32-14-16-9-11-18(12-10-16)28(30)31/h2-13H,14H2,1H3,(H,26,27,29)/b22-13+. The van der Waals surface area contributed by atoms with E-state index in [1.807, 2.05) is 37.3 Å². The number of hydrogen-bond donors (Lipinski definition) is 1. The molecule has 1 N–H and O–H groups in total. The van der Waals surface area contributed by atoms with Gasteiger partial charge >= 0.3 is 0 Å². The predicted molar refractivity (Wildman–Crippen MR) is 131 cm³/mol. The number of nitro groups is 1. The molecule has 0 atom stereocenters. The zero-order chi connectivity index (χ0) is 23.4. The molecule has 0 saturated carbocycles. The first-order valence-corrected chi connectivity index (χ1v) is 11.1. The van der Waals surface area contributed by atoms with Crippen molar-refractivity contribution in [2.75, 3.05) is 0 Å². The molecule has 166 valence electrons. The lowest BCUT2D eigenvalue weighted by atomic mass is 10.1. The second kappa shape index (κ2) is 9.89. The van der Waals surface area contributed by atoms with Gasteiger partial charge in [0.25, 0.3) is 11.6 Å². The molecule has 1 saturated heterocycles. The molecule has 0 bridgehead atoms. The molecule has 9 heteroatoms. The number of amides is 1. The molecule has 0 spiro atoms. The van der Waals surface area contributed by atoms with Gasteiger partial charge in [-0.25, -0.2) is 4.99 Å². The average Bonchev–Trinajstić information content (AvgIpc) is 3.15. The Balaban J connectivity index is 1.51. The summed E-state index contributed by atoms with van der Waals surface area (Å²) in [6.07, 6.45) is 1.75. The molecule has 0 aromatic heterocycles. The molecule has 0 unspecified atom stereocenters. The number of non-ortho nitro benzene ring substituents is 1. The van der Waals surface area contributed by atoms with E-state index in [2.05, 4.69) is 10.3 Å². The first-order chi connectivity index (χ1) is 15.9. The molecule has 0 aliphatic carbocycles. The van der Waals surface area contributed by atoms with Gasteiger partial charge in [-0.2, -0.15) is 0 Å². The summed E-state index contributed by atoms with van der Waals surface area (Å²) in [7, 11) is 0. The first kappa shape index (κ1) is 22.6. The second-order valence-electron chi connectivity index (χ2n) is 7.12. The zero-order valence-corrected chi connectivity index (χ0v) is 19.0. The van der Waals surface area contributed by atoms with Gasteiger partial charge in [0.15, 0.2) is 5.17 Å². The minimum atomic E-state index is -0.443. The highest BCUT2D eigenvalue weighted by Gasteiger charge is 2.24. The largest absolute Gasteiger partial charge is 0.488 e. The summed E-state index contributed by atoms with van der Waals surface area (Å²) in [5.74, 6) is 0.344. The molecule has 1 amide bonds. The molecule has 3 aromatic rings. The molecule has 0 radical (unpaired) electrons. The number of halogens is 1. The third kappa shape index (κ3) is 5.42. The van der Waals surface area contributed by atoms with E-state index in [0.717, 1.165) is 16.7 Å². The highest BCUT2D eigenvalue weighted by molar-refractivity contribution is 8.18. The number of carbonyl (C=O) groups excluding carboxylic acids is 1. The second-order valence-corrected chi connectivity index (χ2v) is 8.55. The highest BCUT2D eigenvalue weighted by Crippen LogP contribution is 2.32. The minimum absolute atomic E-state index is 0.0265. The molecule has 1 aliphatic rings. The van der Waals surface area contributed by atoms with Crippen LogP contribution in [0.2, 0.25) is 5.02 Å². The van der Waals surface area contributed by atoms with Crippen molar-refractivity contribution in [2.24, 2.45) is 4.99 Å². The fourth-order valence-corrected chi connectivity index (χ4v) is 4.05. The van der Waals surface area contributed by atoms with Gasteiger partial charge in [-0.1, -0.05) is 35.9 Å². The Bertz CT molecular complexity index is 1290. The highest BCUT2D eigenvalue weighted by atomic mass is 35.5. The van der Waals surface area contributed by atoms with Gasteiger partial charge in [-0.05, 0) is 66.2 Å². The van der Waals surface area contributed by atoms with Crippen LogP contribution in [0, 0.1) is 17.0 Å². The number of rotatable bonds is 6. The van der Waals surface area contributed by atoms with E-state index in [9.17, 15) is 14.9 Å². The molecular formula is C24H18ClN3O4S. The molecule has 1 heterocycles. The van der Waals surface area contributed by atoms with Crippen molar-refractivity contribution in [1.29, 1.82) is 0 Å². The molecule has 1 fully saturated rings. The maximum absolute atomic E-state index is 12.5. The number of ether oxygens (including phenoxy) is 1. The number of nitrogens with zero attached hydrogens (tertiary/aromatic N) is 2. The Morgan fingerprint density at radius 2 is 1.88 bits per heavy atom. The fraction of sp³-hybridized carbons (Fsp3) is 0.0833. The Kier molecular flexibility index (Phi) is 6.76. The SMILES string of the molecule is Cc1c(Cl)cccc1N=C1NC(=O)/C(=C\c2ccccc2OCc2ccc([N+](=O)[O-])cc2)S1. The van der Waals surface area contributed by atoms with Crippen LogP contribution < -0.4 is 10.1 Å². The maximum atomic E-state index is 12.5. The summed E-state index contributed by atoms with van der Waals surface area (Å²) in [6.45, 7) is 2.11. The Morgan fingerprint density at radius 3 is 2.64 bits per heavy atom. The topological polar surface area (TPSA) is 93.8 Å². The van der Waals surface area contributed by atoms with Crippen molar-refractivity contribution in [2.45, 2.75) is 13.5 Å². The van der Waals surface area contributed by atoms with Crippen molar-refractivity contribution in [3.05, 3.63) is 103 Å². The van der Waals surface area contributed by atoms with Gasteiger partial charge in [-0.15, -0.1) is 0 Å². The predicted octanol–water partition coefficient (Wildman–Crippen LogP) is 6.03. The number of aliphatic imine (C=N–C) groups is 1. The Hall–Kier alpha value is -3.62. The summed E-state index contributed by atoms with van der Waals surface area (Å²) in [5.41, 5.74) is 3.08. The van der Waals surface area contributed by atoms with Gasteiger partial charge in [0.05, 0.1) is 15.5 Å². The number of amidine groups is 1. The van der Waals surface area contributed by atoms with Crippen LogP contribution in [0.4, 0.5) is 11.4 Å².